The average molecular weight is 405 g/mol. The normalized spacial score (nSPS) is 11.3. The molecule has 4 rings (SSSR count). The second kappa shape index (κ2) is 7.79. The summed E-state index contributed by atoms with van der Waals surface area (Å²) in [4.78, 5) is 23.4. The van der Waals surface area contributed by atoms with Gasteiger partial charge in [-0.2, -0.15) is 0 Å². The van der Waals surface area contributed by atoms with Gasteiger partial charge in [0.1, 0.15) is 5.65 Å². The molecular weight excluding hydrogens is 380 g/mol. The highest BCUT2D eigenvalue weighted by Gasteiger charge is 2.19. The molecule has 0 spiro atoms. The van der Waals surface area contributed by atoms with Gasteiger partial charge in [0.25, 0.3) is 5.91 Å². The number of thiazole rings is 1. The van der Waals surface area contributed by atoms with E-state index in [1.165, 1.54) is 11.3 Å². The first-order valence-electron chi connectivity index (χ1n) is 9.74. The number of amides is 1. The van der Waals surface area contributed by atoms with E-state index in [0.717, 1.165) is 33.9 Å². The zero-order valence-electron chi connectivity index (χ0n) is 17.1. The molecule has 148 valence electrons. The van der Waals surface area contributed by atoms with Gasteiger partial charge in [0.2, 0.25) is 0 Å². The van der Waals surface area contributed by atoms with E-state index < -0.39 is 0 Å². The highest BCUT2D eigenvalue weighted by atomic mass is 32.1. The van der Waals surface area contributed by atoms with Crippen LogP contribution < -0.4 is 5.32 Å². The highest BCUT2D eigenvalue weighted by molar-refractivity contribution is 7.19. The van der Waals surface area contributed by atoms with Crippen molar-refractivity contribution in [3.8, 4) is 10.4 Å². The lowest BCUT2D eigenvalue weighted by molar-refractivity contribution is 0.102. The molecule has 0 bridgehead atoms. The minimum atomic E-state index is -0.186. The Morgan fingerprint density at radius 2 is 1.90 bits per heavy atom. The first kappa shape index (κ1) is 19.3. The van der Waals surface area contributed by atoms with Crippen LogP contribution in [0.1, 0.15) is 41.3 Å². The summed E-state index contributed by atoms with van der Waals surface area (Å²) in [6, 6.07) is 14.0. The van der Waals surface area contributed by atoms with Crippen LogP contribution in [0.5, 0.6) is 0 Å². The van der Waals surface area contributed by atoms with Crippen molar-refractivity contribution in [3.05, 3.63) is 71.3 Å². The van der Waals surface area contributed by atoms with E-state index in [0.29, 0.717) is 22.3 Å². The number of nitrogens with one attached hydrogen (secondary N) is 1. The Kier molecular flexibility index (Phi) is 5.20. The summed E-state index contributed by atoms with van der Waals surface area (Å²) < 4.78 is 1.93. The minimum Gasteiger partial charge on any atom is -0.305 e. The van der Waals surface area contributed by atoms with Crippen LogP contribution >= 0.6 is 11.3 Å². The second-order valence-corrected chi connectivity index (χ2v) is 8.67. The monoisotopic (exact) mass is 404 g/mol. The van der Waals surface area contributed by atoms with Crippen LogP contribution in [0, 0.1) is 19.8 Å². The molecule has 1 aromatic carbocycles. The molecule has 5 nitrogen and oxygen atoms in total. The maximum Gasteiger partial charge on any atom is 0.261 e. The Morgan fingerprint density at radius 1 is 1.14 bits per heavy atom. The quantitative estimate of drug-likeness (QED) is 0.476. The lowest BCUT2D eigenvalue weighted by atomic mass is 10.0. The van der Waals surface area contributed by atoms with Crippen molar-refractivity contribution in [3.63, 3.8) is 0 Å². The molecule has 0 atom stereocenters. The third kappa shape index (κ3) is 3.93. The Morgan fingerprint density at radius 3 is 2.62 bits per heavy atom. The molecule has 0 aliphatic carbocycles. The van der Waals surface area contributed by atoms with Crippen LogP contribution in [0.2, 0.25) is 0 Å². The molecule has 0 unspecified atom stereocenters. The number of aromatic nitrogens is 3. The smallest absolute Gasteiger partial charge is 0.261 e. The maximum atomic E-state index is 13.0. The van der Waals surface area contributed by atoms with Crippen LogP contribution in [0.25, 0.3) is 16.1 Å². The number of aryl methyl sites for hydroxylation is 2. The molecule has 0 aliphatic rings. The van der Waals surface area contributed by atoms with Gasteiger partial charge in [0.15, 0.2) is 5.13 Å². The molecule has 0 radical (unpaired) electrons. The standard InChI is InChI=1S/C23H24N4OS/c1-14(2)12-19-20(17-8-6-5-7-9-17)29-23(25-19)26-22(28)18-10-11-27-16(4)13-15(3)24-21(18)27/h5-11,13-14H,12H2,1-4H3,(H,25,26,28). The van der Waals surface area contributed by atoms with Crippen molar-refractivity contribution in [2.75, 3.05) is 5.32 Å². The van der Waals surface area contributed by atoms with Crippen LogP contribution in [-0.2, 0) is 6.42 Å². The molecule has 0 fully saturated rings. The predicted octanol–water partition coefficient (Wildman–Crippen LogP) is 5.53. The fourth-order valence-electron chi connectivity index (χ4n) is 3.48. The maximum absolute atomic E-state index is 13.0. The molecule has 3 heterocycles. The summed E-state index contributed by atoms with van der Waals surface area (Å²) in [5.41, 5.74) is 5.32. The van der Waals surface area contributed by atoms with Crippen LogP contribution in [0.3, 0.4) is 0 Å². The third-order valence-corrected chi connectivity index (χ3v) is 5.80. The zero-order valence-corrected chi connectivity index (χ0v) is 17.9. The van der Waals surface area contributed by atoms with Gasteiger partial charge in [-0.25, -0.2) is 9.97 Å². The van der Waals surface area contributed by atoms with E-state index >= 15 is 0 Å². The summed E-state index contributed by atoms with van der Waals surface area (Å²) in [6.45, 7) is 8.30. The van der Waals surface area contributed by atoms with Gasteiger partial charge in [-0.15, -0.1) is 0 Å². The fourth-order valence-corrected chi connectivity index (χ4v) is 4.47. The number of anilines is 1. The van der Waals surface area contributed by atoms with Gasteiger partial charge in [0.05, 0.1) is 16.1 Å². The summed E-state index contributed by atoms with van der Waals surface area (Å²) in [7, 11) is 0. The van der Waals surface area contributed by atoms with Gasteiger partial charge >= 0.3 is 0 Å². The number of carbonyl (C=O) groups excluding carboxylic acids is 1. The lowest BCUT2D eigenvalue weighted by Gasteiger charge is -2.04. The van der Waals surface area contributed by atoms with Crippen molar-refractivity contribution >= 4 is 28.0 Å². The Hall–Kier alpha value is -2.99. The van der Waals surface area contributed by atoms with Gasteiger partial charge in [-0.1, -0.05) is 55.5 Å². The summed E-state index contributed by atoms with van der Waals surface area (Å²) >= 11 is 1.52. The highest BCUT2D eigenvalue weighted by Crippen LogP contribution is 2.34. The number of benzene rings is 1. The van der Waals surface area contributed by atoms with Crippen molar-refractivity contribution in [1.82, 2.24) is 14.4 Å². The van der Waals surface area contributed by atoms with Gasteiger partial charge in [-0.3, -0.25) is 10.1 Å². The first-order chi connectivity index (χ1) is 13.9. The van der Waals surface area contributed by atoms with E-state index in [4.69, 9.17) is 4.98 Å². The number of hydrogen-bond donors (Lipinski definition) is 1. The number of rotatable bonds is 5. The summed E-state index contributed by atoms with van der Waals surface area (Å²) in [5, 5.41) is 3.61. The van der Waals surface area contributed by atoms with Crippen molar-refractivity contribution in [2.24, 2.45) is 5.92 Å². The molecule has 0 saturated heterocycles. The molecular formula is C23H24N4OS. The molecule has 6 heteroatoms. The molecule has 1 amide bonds. The van der Waals surface area contributed by atoms with E-state index in [1.807, 2.05) is 54.8 Å². The predicted molar refractivity (Wildman–Crippen MR) is 119 cm³/mol. The number of hydrogen-bond acceptors (Lipinski definition) is 4. The van der Waals surface area contributed by atoms with E-state index in [1.54, 1.807) is 0 Å². The Labute approximate surface area is 174 Å². The fraction of sp³-hybridized carbons (Fsp3) is 0.261. The van der Waals surface area contributed by atoms with E-state index in [9.17, 15) is 4.79 Å². The minimum absolute atomic E-state index is 0.186. The van der Waals surface area contributed by atoms with Crippen LogP contribution in [0.15, 0.2) is 48.7 Å². The number of carbonyl (C=O) groups is 1. The molecule has 1 N–H and O–H groups in total. The van der Waals surface area contributed by atoms with E-state index in [-0.39, 0.29) is 5.91 Å². The Bertz CT molecular complexity index is 1170. The van der Waals surface area contributed by atoms with Crippen molar-refractivity contribution in [2.45, 2.75) is 34.1 Å². The lowest BCUT2D eigenvalue weighted by Crippen LogP contribution is -2.12. The number of fused-ring (bicyclic) bond motifs is 1. The molecule has 4 aromatic rings. The zero-order chi connectivity index (χ0) is 20.5. The molecule has 0 aliphatic heterocycles. The van der Waals surface area contributed by atoms with Crippen molar-refractivity contribution in [1.29, 1.82) is 0 Å². The SMILES string of the molecule is Cc1cc(C)n2ccc(C(=O)Nc3nc(CC(C)C)c(-c4ccccc4)s3)c2n1. The topological polar surface area (TPSA) is 59.3 Å². The molecule has 3 aromatic heterocycles. The van der Waals surface area contributed by atoms with Gasteiger partial charge in [0, 0.05) is 17.6 Å². The average Bonchev–Trinajstić information content (AvgIpc) is 3.26. The largest absolute Gasteiger partial charge is 0.305 e. The second-order valence-electron chi connectivity index (χ2n) is 7.67. The summed E-state index contributed by atoms with van der Waals surface area (Å²) in [5.74, 6) is 0.295. The molecule has 29 heavy (non-hydrogen) atoms. The van der Waals surface area contributed by atoms with E-state index in [2.05, 4.69) is 36.3 Å². The number of nitrogens with zero attached hydrogens (tertiary/aromatic N) is 3. The van der Waals surface area contributed by atoms with Gasteiger partial charge < -0.3 is 4.40 Å². The van der Waals surface area contributed by atoms with Crippen LogP contribution in [0.4, 0.5) is 5.13 Å². The van der Waals surface area contributed by atoms with Gasteiger partial charge in [-0.05, 0) is 43.9 Å². The van der Waals surface area contributed by atoms with Crippen molar-refractivity contribution < 1.29 is 4.79 Å². The first-order valence-corrected chi connectivity index (χ1v) is 10.6. The Balaban J connectivity index is 1.68. The van der Waals surface area contributed by atoms with Crippen LogP contribution in [-0.4, -0.2) is 20.3 Å². The molecule has 0 saturated carbocycles. The third-order valence-electron chi connectivity index (χ3n) is 4.74. The summed E-state index contributed by atoms with van der Waals surface area (Å²) in [6.07, 6.45) is 2.75.